The van der Waals surface area contributed by atoms with Crippen LogP contribution >= 0.6 is 0 Å². The molecule has 5 rings (SSSR count). The predicted octanol–water partition coefficient (Wildman–Crippen LogP) is 3.13. The van der Waals surface area contributed by atoms with Crippen LogP contribution < -0.4 is 4.90 Å². The molecule has 0 saturated carbocycles. The summed E-state index contributed by atoms with van der Waals surface area (Å²) in [5.41, 5.74) is 3.01. The van der Waals surface area contributed by atoms with Gasteiger partial charge in [0.25, 0.3) is 0 Å². The fourth-order valence-corrected chi connectivity index (χ4v) is 3.71. The lowest BCUT2D eigenvalue weighted by Gasteiger charge is -2.32. The molecule has 1 atom stereocenters. The highest BCUT2D eigenvalue weighted by molar-refractivity contribution is 5.86. The zero-order valence-corrected chi connectivity index (χ0v) is 14.3. The van der Waals surface area contributed by atoms with E-state index in [0.717, 1.165) is 59.9 Å². The summed E-state index contributed by atoms with van der Waals surface area (Å²) >= 11 is 0. The van der Waals surface area contributed by atoms with Gasteiger partial charge in [-0.05, 0) is 18.4 Å². The van der Waals surface area contributed by atoms with E-state index >= 15 is 0 Å². The van der Waals surface area contributed by atoms with Crippen LogP contribution in [0, 0.1) is 0 Å². The molecule has 0 spiro atoms. The second-order valence-corrected chi connectivity index (χ2v) is 6.66. The third kappa shape index (κ3) is 2.61. The number of aromatic nitrogens is 6. The third-order valence-electron chi connectivity index (χ3n) is 5.01. The lowest BCUT2D eigenvalue weighted by Crippen LogP contribution is -2.35. The summed E-state index contributed by atoms with van der Waals surface area (Å²) < 4.78 is 0. The maximum absolute atomic E-state index is 4.66. The van der Waals surface area contributed by atoms with Gasteiger partial charge in [0.2, 0.25) is 0 Å². The summed E-state index contributed by atoms with van der Waals surface area (Å²) in [6, 6.07) is 10.3. The average Bonchev–Trinajstić information content (AvgIpc) is 3.38. The van der Waals surface area contributed by atoms with Gasteiger partial charge in [-0.15, -0.1) is 0 Å². The van der Waals surface area contributed by atoms with Crippen LogP contribution in [-0.4, -0.2) is 43.2 Å². The first-order valence-electron chi connectivity index (χ1n) is 8.88. The fourth-order valence-electron chi connectivity index (χ4n) is 3.71. The lowest BCUT2D eigenvalue weighted by atomic mass is 9.97. The number of piperidine rings is 1. The number of anilines is 1. The Kier molecular flexibility index (Phi) is 3.62. The molecule has 0 radical (unpaired) electrons. The van der Waals surface area contributed by atoms with Crippen molar-refractivity contribution in [2.45, 2.75) is 18.8 Å². The molecule has 2 N–H and O–H groups in total. The van der Waals surface area contributed by atoms with Gasteiger partial charge in [0.05, 0.1) is 23.5 Å². The molecule has 1 aliphatic heterocycles. The first kappa shape index (κ1) is 15.1. The monoisotopic (exact) mass is 345 g/mol. The Morgan fingerprint density at radius 1 is 1.04 bits per heavy atom. The van der Waals surface area contributed by atoms with Crippen LogP contribution in [0.15, 0.2) is 49.1 Å². The number of H-pyrrole nitrogens is 2. The Balaban J connectivity index is 1.41. The van der Waals surface area contributed by atoms with Crippen molar-refractivity contribution in [1.29, 1.82) is 0 Å². The number of hydrogen-bond acceptors (Lipinski definition) is 5. The molecule has 1 fully saturated rings. The van der Waals surface area contributed by atoms with Crippen molar-refractivity contribution in [3.05, 3.63) is 54.9 Å². The Morgan fingerprint density at radius 2 is 1.96 bits per heavy atom. The van der Waals surface area contributed by atoms with Crippen molar-refractivity contribution in [1.82, 2.24) is 30.1 Å². The van der Waals surface area contributed by atoms with Gasteiger partial charge in [0.1, 0.15) is 18.0 Å². The number of fused-ring (bicyclic) bond motifs is 1. The first-order chi connectivity index (χ1) is 12.9. The number of nitrogens with zero attached hydrogens (tertiary/aromatic N) is 5. The van der Waals surface area contributed by atoms with Crippen LogP contribution in [0.1, 0.15) is 24.6 Å². The highest BCUT2D eigenvalue weighted by atomic mass is 15.2. The molecule has 0 aliphatic carbocycles. The Labute approximate surface area is 150 Å². The number of nitrogens with one attached hydrogen (secondary N) is 2. The summed E-state index contributed by atoms with van der Waals surface area (Å²) in [4.78, 5) is 19.2. The molecule has 0 amide bonds. The lowest BCUT2D eigenvalue weighted by molar-refractivity contribution is 0.492. The highest BCUT2D eigenvalue weighted by Crippen LogP contribution is 2.31. The van der Waals surface area contributed by atoms with Crippen LogP contribution in [0.2, 0.25) is 0 Å². The summed E-state index contributed by atoms with van der Waals surface area (Å²) in [6.45, 7) is 1.87. The van der Waals surface area contributed by atoms with Crippen LogP contribution in [-0.2, 0) is 0 Å². The molecule has 7 heteroatoms. The van der Waals surface area contributed by atoms with Gasteiger partial charge in [-0.25, -0.2) is 15.0 Å². The zero-order chi connectivity index (χ0) is 17.3. The molecule has 7 nitrogen and oxygen atoms in total. The van der Waals surface area contributed by atoms with Gasteiger partial charge in [-0.3, -0.25) is 5.10 Å². The smallest absolute Gasteiger partial charge is 0.160 e. The third-order valence-corrected chi connectivity index (χ3v) is 5.01. The molecule has 3 aromatic heterocycles. The molecule has 1 aliphatic rings. The number of hydrogen-bond donors (Lipinski definition) is 2. The number of rotatable bonds is 3. The van der Waals surface area contributed by atoms with E-state index < -0.39 is 0 Å². The maximum Gasteiger partial charge on any atom is 0.160 e. The molecule has 4 heterocycles. The average molecular weight is 345 g/mol. The van der Waals surface area contributed by atoms with E-state index in [1.54, 1.807) is 12.5 Å². The van der Waals surface area contributed by atoms with Gasteiger partial charge < -0.3 is 9.88 Å². The van der Waals surface area contributed by atoms with Gasteiger partial charge >= 0.3 is 0 Å². The van der Waals surface area contributed by atoms with Gasteiger partial charge in [0, 0.05) is 19.0 Å². The Morgan fingerprint density at radius 3 is 2.88 bits per heavy atom. The molecule has 4 aromatic rings. The number of aromatic amines is 2. The normalized spacial score (nSPS) is 17.7. The Bertz CT molecular complexity index is 1020. The van der Waals surface area contributed by atoms with Crippen LogP contribution in [0.4, 0.5) is 5.82 Å². The number of benzene rings is 1. The molecule has 26 heavy (non-hydrogen) atoms. The van der Waals surface area contributed by atoms with Crippen LogP contribution in [0.5, 0.6) is 0 Å². The minimum absolute atomic E-state index is 0.359. The van der Waals surface area contributed by atoms with Crippen LogP contribution in [0.25, 0.3) is 22.3 Å². The molecule has 1 saturated heterocycles. The van der Waals surface area contributed by atoms with E-state index in [-0.39, 0.29) is 0 Å². The van der Waals surface area contributed by atoms with E-state index in [1.165, 1.54) is 0 Å². The Hall–Kier alpha value is -3.22. The second kappa shape index (κ2) is 6.25. The van der Waals surface area contributed by atoms with Crippen molar-refractivity contribution in [2.75, 3.05) is 18.0 Å². The largest absolute Gasteiger partial charge is 0.355 e. The van der Waals surface area contributed by atoms with E-state index in [9.17, 15) is 0 Å². The molecule has 0 bridgehead atoms. The highest BCUT2D eigenvalue weighted by Gasteiger charge is 2.26. The summed E-state index contributed by atoms with van der Waals surface area (Å²) in [5, 5.41) is 7.99. The minimum atomic E-state index is 0.359. The van der Waals surface area contributed by atoms with E-state index in [0.29, 0.717) is 5.92 Å². The van der Waals surface area contributed by atoms with Crippen LogP contribution in [0.3, 0.4) is 0 Å². The first-order valence-corrected chi connectivity index (χ1v) is 8.88. The molecule has 1 aromatic carbocycles. The van der Waals surface area contributed by atoms with Crippen molar-refractivity contribution >= 4 is 16.9 Å². The molecular formula is C19H19N7. The molecule has 130 valence electrons. The van der Waals surface area contributed by atoms with Gasteiger partial charge in [-0.1, -0.05) is 30.3 Å². The van der Waals surface area contributed by atoms with Crippen molar-refractivity contribution in [2.24, 2.45) is 0 Å². The number of imidazole rings is 1. The van der Waals surface area contributed by atoms with E-state index in [4.69, 9.17) is 0 Å². The summed E-state index contributed by atoms with van der Waals surface area (Å²) in [5.74, 6) is 2.35. The van der Waals surface area contributed by atoms with Gasteiger partial charge in [0.15, 0.2) is 5.65 Å². The quantitative estimate of drug-likeness (QED) is 0.596. The topological polar surface area (TPSA) is 86.4 Å². The maximum atomic E-state index is 4.66. The SMILES string of the molecule is c1ccc(-c2cnc(C3CCCN(c4ncnc5[nH]ncc45)C3)[nH]2)cc1. The van der Waals surface area contributed by atoms with Crippen molar-refractivity contribution < 1.29 is 0 Å². The predicted molar refractivity (Wildman–Crippen MR) is 99.9 cm³/mol. The molecule has 1 unspecified atom stereocenters. The zero-order valence-electron chi connectivity index (χ0n) is 14.3. The summed E-state index contributed by atoms with van der Waals surface area (Å²) in [7, 11) is 0. The standard InChI is InChI=1S/C19H19N7/c1-2-5-13(6-3-1)16-10-20-17(24-16)14-7-4-8-26(11-14)19-15-9-23-25-18(15)21-12-22-19/h1-3,5-6,9-10,12,14H,4,7-8,11H2,(H,20,24)(H,21,22,23,25). The fraction of sp³-hybridized carbons (Fsp3) is 0.263. The van der Waals surface area contributed by atoms with Crippen molar-refractivity contribution in [3.63, 3.8) is 0 Å². The minimum Gasteiger partial charge on any atom is -0.355 e. The van der Waals surface area contributed by atoms with Gasteiger partial charge in [-0.2, -0.15) is 5.10 Å². The molecular weight excluding hydrogens is 326 g/mol. The van der Waals surface area contributed by atoms with E-state index in [1.807, 2.05) is 24.4 Å². The van der Waals surface area contributed by atoms with Crippen molar-refractivity contribution in [3.8, 4) is 11.3 Å². The second-order valence-electron chi connectivity index (χ2n) is 6.66. The summed E-state index contributed by atoms with van der Waals surface area (Å²) in [6.07, 6.45) is 7.56. The van der Waals surface area contributed by atoms with E-state index in [2.05, 4.69) is 47.2 Å².